The SMILES string of the molecule is CN=C(NCCc1nc(C)no1)NCC1CCC1.I. The number of hydrogen-bond donors (Lipinski definition) is 2. The molecular formula is C12H22IN5O. The number of guanidine groups is 1. The molecule has 0 bridgehead atoms. The molecular weight excluding hydrogens is 357 g/mol. The van der Waals surface area contributed by atoms with Gasteiger partial charge in [0.2, 0.25) is 5.89 Å². The van der Waals surface area contributed by atoms with Crippen LogP contribution < -0.4 is 10.6 Å². The van der Waals surface area contributed by atoms with Crippen LogP contribution in [0.25, 0.3) is 0 Å². The molecule has 1 saturated carbocycles. The van der Waals surface area contributed by atoms with E-state index in [4.69, 9.17) is 4.52 Å². The molecule has 2 N–H and O–H groups in total. The van der Waals surface area contributed by atoms with Gasteiger partial charge in [0.1, 0.15) is 0 Å². The number of rotatable bonds is 5. The van der Waals surface area contributed by atoms with Crippen molar-refractivity contribution in [3.05, 3.63) is 11.7 Å². The molecule has 19 heavy (non-hydrogen) atoms. The quantitative estimate of drug-likeness (QED) is 0.461. The molecule has 6 nitrogen and oxygen atoms in total. The van der Waals surface area contributed by atoms with Gasteiger partial charge in [-0.15, -0.1) is 24.0 Å². The Hall–Kier alpha value is -0.860. The lowest BCUT2D eigenvalue weighted by atomic mass is 9.85. The fourth-order valence-electron chi connectivity index (χ4n) is 1.89. The van der Waals surface area contributed by atoms with Crippen LogP contribution in [0.1, 0.15) is 31.0 Å². The molecule has 2 rings (SSSR count). The molecule has 1 aliphatic carbocycles. The van der Waals surface area contributed by atoms with Crippen molar-refractivity contribution in [2.75, 3.05) is 20.1 Å². The Balaban J connectivity index is 0.00000180. The molecule has 0 aromatic carbocycles. The highest BCUT2D eigenvalue weighted by atomic mass is 127. The lowest BCUT2D eigenvalue weighted by molar-refractivity contribution is 0.314. The summed E-state index contributed by atoms with van der Waals surface area (Å²) >= 11 is 0. The molecule has 1 fully saturated rings. The Morgan fingerprint density at radius 1 is 1.42 bits per heavy atom. The van der Waals surface area contributed by atoms with Gasteiger partial charge in [-0.2, -0.15) is 4.98 Å². The predicted molar refractivity (Wildman–Crippen MR) is 84.9 cm³/mol. The maximum atomic E-state index is 5.04. The monoisotopic (exact) mass is 379 g/mol. The van der Waals surface area contributed by atoms with Crippen LogP contribution in [0.3, 0.4) is 0 Å². The van der Waals surface area contributed by atoms with Gasteiger partial charge in [0.15, 0.2) is 11.8 Å². The Morgan fingerprint density at radius 2 is 2.21 bits per heavy atom. The average Bonchev–Trinajstić information content (AvgIpc) is 2.71. The summed E-state index contributed by atoms with van der Waals surface area (Å²) < 4.78 is 5.04. The second-order valence-electron chi connectivity index (χ2n) is 4.66. The van der Waals surface area contributed by atoms with Gasteiger partial charge in [0.05, 0.1) is 0 Å². The summed E-state index contributed by atoms with van der Waals surface area (Å²) in [5, 5.41) is 10.3. The molecule has 0 spiro atoms. The summed E-state index contributed by atoms with van der Waals surface area (Å²) in [6, 6.07) is 0. The van der Waals surface area contributed by atoms with Crippen LogP contribution in [-0.2, 0) is 6.42 Å². The van der Waals surface area contributed by atoms with Gasteiger partial charge < -0.3 is 15.2 Å². The van der Waals surface area contributed by atoms with Crippen molar-refractivity contribution in [2.24, 2.45) is 10.9 Å². The Labute approximate surface area is 130 Å². The second kappa shape index (κ2) is 8.34. The molecule has 1 aromatic rings. The highest BCUT2D eigenvalue weighted by Crippen LogP contribution is 2.24. The molecule has 0 amide bonds. The van der Waals surface area contributed by atoms with Crippen molar-refractivity contribution < 1.29 is 4.52 Å². The maximum Gasteiger partial charge on any atom is 0.228 e. The molecule has 0 aliphatic heterocycles. The van der Waals surface area contributed by atoms with Crippen LogP contribution in [0, 0.1) is 12.8 Å². The van der Waals surface area contributed by atoms with E-state index in [1.807, 2.05) is 6.92 Å². The van der Waals surface area contributed by atoms with E-state index in [1.54, 1.807) is 7.05 Å². The predicted octanol–water partition coefficient (Wildman–Crippen LogP) is 1.50. The summed E-state index contributed by atoms with van der Waals surface area (Å²) in [5.74, 6) is 3.01. The van der Waals surface area contributed by atoms with Crippen LogP contribution in [0.2, 0.25) is 0 Å². The average molecular weight is 379 g/mol. The lowest BCUT2D eigenvalue weighted by Gasteiger charge is -2.26. The molecule has 1 aliphatic rings. The van der Waals surface area contributed by atoms with Crippen LogP contribution in [0.5, 0.6) is 0 Å². The topological polar surface area (TPSA) is 75.3 Å². The number of hydrogen-bond acceptors (Lipinski definition) is 4. The summed E-state index contributed by atoms with van der Waals surface area (Å²) in [7, 11) is 1.78. The van der Waals surface area contributed by atoms with E-state index in [-0.39, 0.29) is 24.0 Å². The fourth-order valence-corrected chi connectivity index (χ4v) is 1.89. The third kappa shape index (κ3) is 5.33. The van der Waals surface area contributed by atoms with Crippen LogP contribution >= 0.6 is 24.0 Å². The summed E-state index contributed by atoms with van der Waals surface area (Å²) in [5.41, 5.74) is 0. The van der Waals surface area contributed by atoms with E-state index >= 15 is 0 Å². The van der Waals surface area contributed by atoms with E-state index in [2.05, 4.69) is 25.8 Å². The minimum atomic E-state index is 0. The zero-order valence-electron chi connectivity index (χ0n) is 11.5. The van der Waals surface area contributed by atoms with Crippen molar-refractivity contribution in [1.29, 1.82) is 0 Å². The number of aromatic nitrogens is 2. The summed E-state index contributed by atoms with van der Waals surface area (Å²) in [6.45, 7) is 3.57. The largest absolute Gasteiger partial charge is 0.356 e. The van der Waals surface area contributed by atoms with E-state index < -0.39 is 0 Å². The molecule has 7 heteroatoms. The maximum absolute atomic E-state index is 5.04. The number of aliphatic imine (C=N–C) groups is 1. The molecule has 1 heterocycles. The van der Waals surface area contributed by atoms with Crippen molar-refractivity contribution >= 4 is 29.9 Å². The van der Waals surface area contributed by atoms with Gasteiger partial charge in [-0.05, 0) is 25.7 Å². The van der Waals surface area contributed by atoms with E-state index in [1.165, 1.54) is 19.3 Å². The first-order valence-corrected chi connectivity index (χ1v) is 6.51. The van der Waals surface area contributed by atoms with E-state index in [9.17, 15) is 0 Å². The zero-order valence-corrected chi connectivity index (χ0v) is 13.8. The Kier molecular flexibility index (Phi) is 7.11. The first-order chi connectivity index (χ1) is 8.78. The zero-order chi connectivity index (χ0) is 12.8. The van der Waals surface area contributed by atoms with E-state index in [0.29, 0.717) is 18.1 Å². The Morgan fingerprint density at radius 3 is 2.74 bits per heavy atom. The standard InChI is InChI=1S/C12H21N5O.HI/c1-9-16-11(18-17-9)6-7-14-12(13-2)15-8-10-4-3-5-10;/h10H,3-8H2,1-2H3,(H2,13,14,15);1H. The normalized spacial score (nSPS) is 15.6. The van der Waals surface area contributed by atoms with Gasteiger partial charge in [0.25, 0.3) is 0 Å². The fraction of sp³-hybridized carbons (Fsp3) is 0.750. The van der Waals surface area contributed by atoms with Crippen LogP contribution in [0.15, 0.2) is 9.52 Å². The van der Waals surface area contributed by atoms with E-state index in [0.717, 1.165) is 25.0 Å². The highest BCUT2D eigenvalue weighted by Gasteiger charge is 2.17. The van der Waals surface area contributed by atoms with Gasteiger partial charge >= 0.3 is 0 Å². The van der Waals surface area contributed by atoms with Gasteiger partial charge in [0, 0.05) is 26.6 Å². The first-order valence-electron chi connectivity index (χ1n) is 6.51. The lowest BCUT2D eigenvalue weighted by Crippen LogP contribution is -2.41. The molecule has 0 radical (unpaired) electrons. The number of nitrogens with zero attached hydrogens (tertiary/aromatic N) is 3. The minimum absolute atomic E-state index is 0. The summed E-state index contributed by atoms with van der Waals surface area (Å²) in [6.07, 6.45) is 4.76. The first kappa shape index (κ1) is 16.2. The third-order valence-corrected chi connectivity index (χ3v) is 3.21. The van der Waals surface area contributed by atoms with Crippen molar-refractivity contribution in [2.45, 2.75) is 32.6 Å². The Bertz CT molecular complexity index is 403. The molecule has 0 unspecified atom stereocenters. The summed E-state index contributed by atoms with van der Waals surface area (Å²) in [4.78, 5) is 8.33. The van der Waals surface area contributed by atoms with Crippen molar-refractivity contribution in [1.82, 2.24) is 20.8 Å². The third-order valence-electron chi connectivity index (χ3n) is 3.21. The van der Waals surface area contributed by atoms with Crippen LogP contribution in [0.4, 0.5) is 0 Å². The van der Waals surface area contributed by atoms with Gasteiger partial charge in [-0.25, -0.2) is 0 Å². The molecule has 1 aromatic heterocycles. The van der Waals surface area contributed by atoms with Gasteiger partial charge in [-0.3, -0.25) is 4.99 Å². The number of aryl methyl sites for hydroxylation is 1. The minimum Gasteiger partial charge on any atom is -0.356 e. The smallest absolute Gasteiger partial charge is 0.228 e. The highest BCUT2D eigenvalue weighted by molar-refractivity contribution is 14.0. The number of halogens is 1. The van der Waals surface area contributed by atoms with Crippen LogP contribution in [-0.4, -0.2) is 36.2 Å². The molecule has 0 saturated heterocycles. The van der Waals surface area contributed by atoms with Crippen molar-refractivity contribution in [3.63, 3.8) is 0 Å². The van der Waals surface area contributed by atoms with Crippen molar-refractivity contribution in [3.8, 4) is 0 Å². The second-order valence-corrected chi connectivity index (χ2v) is 4.66. The molecule has 108 valence electrons. The number of nitrogens with one attached hydrogen (secondary N) is 2. The van der Waals surface area contributed by atoms with Gasteiger partial charge in [-0.1, -0.05) is 11.6 Å². The molecule has 0 atom stereocenters.